The number of ether oxygens (including phenoxy) is 2. The third-order valence-corrected chi connectivity index (χ3v) is 7.11. The summed E-state index contributed by atoms with van der Waals surface area (Å²) in [4.78, 5) is 0. The minimum Gasteiger partial charge on any atom is -0.454 e. The fourth-order valence-corrected chi connectivity index (χ4v) is 6.22. The van der Waals surface area contributed by atoms with Gasteiger partial charge < -0.3 is 9.47 Å². The molecule has 0 unspecified atom stereocenters. The van der Waals surface area contributed by atoms with Crippen LogP contribution >= 0.6 is 0 Å². The second-order valence-electron chi connectivity index (χ2n) is 9.47. The lowest BCUT2D eigenvalue weighted by molar-refractivity contribution is -0.178. The van der Waals surface area contributed by atoms with E-state index >= 15 is 0 Å². The van der Waals surface area contributed by atoms with Crippen molar-refractivity contribution in [3.8, 4) is 11.5 Å². The van der Waals surface area contributed by atoms with Gasteiger partial charge in [-0.2, -0.15) is 0 Å². The normalized spacial score (nSPS) is 31.3. The van der Waals surface area contributed by atoms with Gasteiger partial charge in [0.15, 0.2) is 0 Å². The molecule has 2 aromatic carbocycles. The average molecular weight is 363 g/mol. The molecule has 4 aliphatic carbocycles. The number of rotatable bonds is 5. The summed E-state index contributed by atoms with van der Waals surface area (Å²) in [5.74, 6) is 4.48. The van der Waals surface area contributed by atoms with Gasteiger partial charge in [0.1, 0.15) is 11.5 Å². The molecular formula is C25H30O2. The van der Waals surface area contributed by atoms with E-state index in [2.05, 4.69) is 62.4 Å². The lowest BCUT2D eigenvalue weighted by Crippen LogP contribution is -2.55. The third kappa shape index (κ3) is 3.35. The van der Waals surface area contributed by atoms with Crippen molar-refractivity contribution in [2.45, 2.75) is 58.7 Å². The molecule has 0 heterocycles. The molecule has 0 aromatic heterocycles. The Hall–Kier alpha value is -1.96. The molecule has 0 aliphatic heterocycles. The minimum absolute atomic E-state index is 0.171. The molecule has 2 aromatic rings. The first-order chi connectivity index (χ1) is 13.1. The fraction of sp³-hybridized carbons (Fsp3) is 0.520. The van der Waals surface area contributed by atoms with Crippen LogP contribution in [0, 0.1) is 37.0 Å². The number of aryl methyl sites for hydroxylation is 2. The summed E-state index contributed by atoms with van der Waals surface area (Å²) in [6, 6.07) is 16.8. The van der Waals surface area contributed by atoms with E-state index in [0.717, 1.165) is 29.3 Å². The van der Waals surface area contributed by atoms with Crippen molar-refractivity contribution in [2.24, 2.45) is 23.2 Å². The molecule has 0 amide bonds. The Morgan fingerprint density at radius 1 is 0.667 bits per heavy atom. The van der Waals surface area contributed by atoms with Crippen molar-refractivity contribution in [2.75, 3.05) is 0 Å². The van der Waals surface area contributed by atoms with Crippen LogP contribution in [0.1, 0.15) is 49.7 Å². The van der Waals surface area contributed by atoms with Crippen LogP contribution in [0.2, 0.25) is 0 Å². The van der Waals surface area contributed by atoms with Crippen LogP contribution in [0.15, 0.2) is 48.5 Å². The van der Waals surface area contributed by atoms with Crippen LogP contribution in [0.4, 0.5) is 0 Å². The molecule has 4 aliphatic rings. The van der Waals surface area contributed by atoms with Gasteiger partial charge in [0.05, 0.1) is 0 Å². The highest BCUT2D eigenvalue weighted by atomic mass is 16.7. The summed E-state index contributed by atoms with van der Waals surface area (Å²) in [5.41, 5.74) is 2.69. The molecule has 0 spiro atoms. The zero-order valence-electron chi connectivity index (χ0n) is 16.5. The Bertz CT molecular complexity index is 707. The second kappa shape index (κ2) is 6.58. The summed E-state index contributed by atoms with van der Waals surface area (Å²) in [5, 5.41) is 0. The van der Waals surface area contributed by atoms with E-state index in [4.69, 9.17) is 9.47 Å². The molecule has 6 rings (SSSR count). The number of hydrogen-bond donors (Lipinski definition) is 0. The molecule has 2 nitrogen and oxygen atoms in total. The first kappa shape index (κ1) is 17.2. The van der Waals surface area contributed by atoms with Crippen molar-refractivity contribution in [1.29, 1.82) is 0 Å². The van der Waals surface area contributed by atoms with Crippen LogP contribution in [0.25, 0.3) is 0 Å². The summed E-state index contributed by atoms with van der Waals surface area (Å²) >= 11 is 0. The summed E-state index contributed by atoms with van der Waals surface area (Å²) in [6.45, 7) is 4.23. The summed E-state index contributed by atoms with van der Waals surface area (Å²) in [7, 11) is 0. The van der Waals surface area contributed by atoms with Crippen molar-refractivity contribution in [3.05, 3.63) is 59.7 Å². The van der Waals surface area contributed by atoms with E-state index in [-0.39, 0.29) is 11.7 Å². The van der Waals surface area contributed by atoms with Gasteiger partial charge in [-0.1, -0.05) is 35.4 Å². The standard InChI is InChI=1S/C25H30O2/c1-17-3-7-22(8-4-17)26-24(27-23-9-5-18(2)6-10-23)25-14-19-11-20(15-25)13-21(12-19)16-25/h3-10,19-21,24H,11-16H2,1-2H3. The molecule has 4 saturated carbocycles. The average Bonchev–Trinajstić information content (AvgIpc) is 2.63. The Balaban J connectivity index is 1.45. The maximum Gasteiger partial charge on any atom is 0.246 e. The van der Waals surface area contributed by atoms with E-state index < -0.39 is 0 Å². The van der Waals surface area contributed by atoms with Gasteiger partial charge in [-0.25, -0.2) is 0 Å². The zero-order chi connectivity index (χ0) is 18.4. The first-order valence-electron chi connectivity index (χ1n) is 10.5. The SMILES string of the molecule is Cc1ccc(OC(Oc2ccc(C)cc2)C23CC4CC(CC(C4)C2)C3)cc1. The van der Waals surface area contributed by atoms with Crippen LogP contribution in [0.3, 0.4) is 0 Å². The molecule has 0 saturated heterocycles. The molecule has 27 heavy (non-hydrogen) atoms. The molecule has 0 N–H and O–H groups in total. The molecule has 4 fully saturated rings. The largest absolute Gasteiger partial charge is 0.454 e. The Morgan fingerprint density at radius 2 is 1.04 bits per heavy atom. The molecule has 0 atom stereocenters. The predicted octanol–water partition coefficient (Wildman–Crippen LogP) is 6.30. The van der Waals surface area contributed by atoms with Crippen molar-refractivity contribution < 1.29 is 9.47 Å². The van der Waals surface area contributed by atoms with Crippen molar-refractivity contribution in [3.63, 3.8) is 0 Å². The monoisotopic (exact) mass is 362 g/mol. The smallest absolute Gasteiger partial charge is 0.246 e. The first-order valence-corrected chi connectivity index (χ1v) is 10.5. The topological polar surface area (TPSA) is 18.5 Å². The van der Waals surface area contributed by atoms with Crippen molar-refractivity contribution in [1.82, 2.24) is 0 Å². The lowest BCUT2D eigenvalue weighted by atomic mass is 9.49. The van der Waals surface area contributed by atoms with Crippen LogP contribution in [0.5, 0.6) is 11.5 Å². The van der Waals surface area contributed by atoms with E-state index in [1.165, 1.54) is 49.7 Å². The maximum atomic E-state index is 6.57. The van der Waals surface area contributed by atoms with E-state index in [9.17, 15) is 0 Å². The predicted molar refractivity (Wildman–Crippen MR) is 108 cm³/mol. The molecule has 0 radical (unpaired) electrons. The Labute approximate surface area is 162 Å². The minimum atomic E-state index is -0.198. The molecular weight excluding hydrogens is 332 g/mol. The van der Waals surface area contributed by atoms with Crippen LogP contribution in [-0.2, 0) is 0 Å². The van der Waals surface area contributed by atoms with Crippen LogP contribution < -0.4 is 9.47 Å². The number of hydrogen-bond acceptors (Lipinski definition) is 2. The van der Waals surface area contributed by atoms with E-state index in [1.807, 2.05) is 0 Å². The summed E-state index contributed by atoms with van der Waals surface area (Å²) < 4.78 is 13.1. The van der Waals surface area contributed by atoms with E-state index in [1.54, 1.807) is 0 Å². The maximum absolute atomic E-state index is 6.57. The molecule has 142 valence electrons. The second-order valence-corrected chi connectivity index (χ2v) is 9.47. The quantitative estimate of drug-likeness (QED) is 0.581. The van der Waals surface area contributed by atoms with Gasteiger partial charge in [-0.15, -0.1) is 0 Å². The molecule has 2 heteroatoms. The molecule has 4 bridgehead atoms. The van der Waals surface area contributed by atoms with Gasteiger partial charge in [0.2, 0.25) is 6.29 Å². The summed E-state index contributed by atoms with van der Waals surface area (Å²) in [6.07, 6.45) is 7.89. The van der Waals surface area contributed by atoms with Gasteiger partial charge in [-0.05, 0) is 94.4 Å². The van der Waals surface area contributed by atoms with Gasteiger partial charge in [-0.3, -0.25) is 0 Å². The zero-order valence-corrected chi connectivity index (χ0v) is 16.5. The van der Waals surface area contributed by atoms with Crippen LogP contribution in [-0.4, -0.2) is 6.29 Å². The van der Waals surface area contributed by atoms with Gasteiger partial charge in [0.25, 0.3) is 0 Å². The Kier molecular flexibility index (Phi) is 4.18. The third-order valence-electron chi connectivity index (χ3n) is 7.11. The number of benzene rings is 2. The fourth-order valence-electron chi connectivity index (χ4n) is 6.22. The van der Waals surface area contributed by atoms with Gasteiger partial charge >= 0.3 is 0 Å². The van der Waals surface area contributed by atoms with E-state index in [0.29, 0.717) is 0 Å². The highest BCUT2D eigenvalue weighted by Crippen LogP contribution is 2.61. The highest BCUT2D eigenvalue weighted by molar-refractivity contribution is 5.29. The Morgan fingerprint density at radius 3 is 1.41 bits per heavy atom. The lowest BCUT2D eigenvalue weighted by Gasteiger charge is -2.58. The van der Waals surface area contributed by atoms with Gasteiger partial charge in [0, 0.05) is 5.41 Å². The highest BCUT2D eigenvalue weighted by Gasteiger charge is 2.56. The van der Waals surface area contributed by atoms with Crippen molar-refractivity contribution >= 4 is 0 Å².